The van der Waals surface area contributed by atoms with E-state index >= 15 is 0 Å². The molecule has 0 heterocycles. The van der Waals surface area contributed by atoms with Crippen molar-refractivity contribution < 1.29 is 0 Å². The SMILES string of the molecule is CC1(C)CCC2(CCCC2CBr)CC1. The molecule has 2 fully saturated rings. The van der Waals surface area contributed by atoms with Crippen LogP contribution in [0.15, 0.2) is 0 Å². The van der Waals surface area contributed by atoms with Crippen molar-refractivity contribution in [3.63, 3.8) is 0 Å². The summed E-state index contributed by atoms with van der Waals surface area (Å²) in [7, 11) is 0. The van der Waals surface area contributed by atoms with Crippen LogP contribution in [0, 0.1) is 16.7 Å². The van der Waals surface area contributed by atoms with Gasteiger partial charge >= 0.3 is 0 Å². The van der Waals surface area contributed by atoms with Crippen LogP contribution < -0.4 is 0 Å². The lowest BCUT2D eigenvalue weighted by atomic mass is 9.61. The van der Waals surface area contributed by atoms with Crippen LogP contribution in [-0.4, -0.2) is 5.33 Å². The Bertz CT molecular complexity index is 197. The van der Waals surface area contributed by atoms with Gasteiger partial charge in [0.25, 0.3) is 0 Å². The molecule has 2 aliphatic rings. The van der Waals surface area contributed by atoms with E-state index in [1.807, 2.05) is 0 Å². The highest BCUT2D eigenvalue weighted by Gasteiger charge is 2.45. The summed E-state index contributed by atoms with van der Waals surface area (Å²) in [5.74, 6) is 0.985. The second kappa shape index (κ2) is 3.81. The van der Waals surface area contributed by atoms with Crippen LogP contribution in [0.1, 0.15) is 58.8 Å². The molecule has 2 aliphatic carbocycles. The van der Waals surface area contributed by atoms with Crippen molar-refractivity contribution in [1.29, 1.82) is 0 Å². The summed E-state index contributed by atoms with van der Waals surface area (Å²) in [5.41, 5.74) is 1.38. The van der Waals surface area contributed by atoms with Gasteiger partial charge in [-0.3, -0.25) is 0 Å². The number of alkyl halides is 1. The third-order valence-corrected chi connectivity index (χ3v) is 5.66. The van der Waals surface area contributed by atoms with Gasteiger partial charge in [0.1, 0.15) is 0 Å². The van der Waals surface area contributed by atoms with Gasteiger partial charge in [0.2, 0.25) is 0 Å². The average Bonchev–Trinajstić information content (AvgIpc) is 2.54. The van der Waals surface area contributed by atoms with E-state index in [1.54, 1.807) is 0 Å². The highest BCUT2D eigenvalue weighted by atomic mass is 79.9. The van der Waals surface area contributed by atoms with E-state index in [4.69, 9.17) is 0 Å². The number of hydrogen-bond acceptors (Lipinski definition) is 0. The Labute approximate surface area is 97.0 Å². The van der Waals surface area contributed by atoms with Crippen molar-refractivity contribution in [2.45, 2.75) is 58.8 Å². The van der Waals surface area contributed by atoms with Crippen LogP contribution in [0.3, 0.4) is 0 Å². The minimum absolute atomic E-state index is 0.630. The second-order valence-electron chi connectivity index (χ2n) is 6.27. The summed E-state index contributed by atoms with van der Waals surface area (Å²) in [6.07, 6.45) is 10.4. The first-order valence-corrected chi connectivity index (χ1v) is 7.26. The zero-order valence-electron chi connectivity index (χ0n) is 9.61. The van der Waals surface area contributed by atoms with Crippen molar-refractivity contribution >= 4 is 15.9 Å². The number of halogens is 1. The van der Waals surface area contributed by atoms with Crippen molar-refractivity contribution in [3.05, 3.63) is 0 Å². The maximum Gasteiger partial charge on any atom is 0.00649 e. The Morgan fingerprint density at radius 3 is 2.29 bits per heavy atom. The van der Waals surface area contributed by atoms with E-state index in [0.717, 1.165) is 11.3 Å². The molecular formula is C13H23Br. The Morgan fingerprint density at radius 2 is 1.71 bits per heavy atom. The molecule has 82 valence electrons. The van der Waals surface area contributed by atoms with Gasteiger partial charge in [-0.25, -0.2) is 0 Å². The molecule has 0 aromatic rings. The summed E-state index contributed by atoms with van der Waals surface area (Å²) in [6, 6.07) is 0. The lowest BCUT2D eigenvalue weighted by Gasteiger charge is -2.44. The molecule has 0 aromatic heterocycles. The maximum atomic E-state index is 3.72. The average molecular weight is 259 g/mol. The predicted octanol–water partition coefficient (Wildman–Crippen LogP) is 4.77. The Hall–Kier alpha value is 0.480. The number of hydrogen-bond donors (Lipinski definition) is 0. The zero-order chi connectivity index (χ0) is 10.2. The largest absolute Gasteiger partial charge is 0.0925 e. The smallest absolute Gasteiger partial charge is 0.00649 e. The Morgan fingerprint density at radius 1 is 1.07 bits per heavy atom. The third-order valence-electron chi connectivity index (χ3n) is 4.88. The topological polar surface area (TPSA) is 0 Å². The fraction of sp³-hybridized carbons (Fsp3) is 1.00. The summed E-state index contributed by atoms with van der Waals surface area (Å²) >= 11 is 3.72. The fourth-order valence-electron chi connectivity index (χ4n) is 3.53. The predicted molar refractivity (Wildman–Crippen MR) is 65.8 cm³/mol. The summed E-state index contributed by atoms with van der Waals surface area (Å²) in [6.45, 7) is 4.88. The normalized spacial score (nSPS) is 34.9. The van der Waals surface area contributed by atoms with Gasteiger partial charge < -0.3 is 0 Å². The van der Waals surface area contributed by atoms with Crippen LogP contribution in [0.25, 0.3) is 0 Å². The van der Waals surface area contributed by atoms with Gasteiger partial charge in [0.05, 0.1) is 0 Å². The quantitative estimate of drug-likeness (QED) is 0.595. The molecular weight excluding hydrogens is 236 g/mol. The van der Waals surface area contributed by atoms with Gasteiger partial charge in [-0.05, 0) is 55.3 Å². The molecule has 1 spiro atoms. The van der Waals surface area contributed by atoms with Crippen LogP contribution in [0.4, 0.5) is 0 Å². The molecule has 0 amide bonds. The van der Waals surface area contributed by atoms with Crippen molar-refractivity contribution in [2.75, 3.05) is 5.33 Å². The molecule has 0 radical (unpaired) electrons. The molecule has 0 nitrogen and oxygen atoms in total. The minimum Gasteiger partial charge on any atom is -0.0925 e. The Kier molecular flexibility index (Phi) is 2.99. The molecule has 0 aliphatic heterocycles. The first-order valence-electron chi connectivity index (χ1n) is 6.14. The van der Waals surface area contributed by atoms with Crippen molar-refractivity contribution in [2.24, 2.45) is 16.7 Å². The number of rotatable bonds is 1. The van der Waals surface area contributed by atoms with E-state index in [1.165, 1.54) is 50.3 Å². The first-order chi connectivity index (χ1) is 6.58. The summed E-state index contributed by atoms with van der Waals surface area (Å²) < 4.78 is 0. The van der Waals surface area contributed by atoms with E-state index < -0.39 is 0 Å². The highest BCUT2D eigenvalue weighted by Crippen LogP contribution is 2.56. The fourth-order valence-corrected chi connectivity index (χ4v) is 4.55. The monoisotopic (exact) mass is 258 g/mol. The first kappa shape index (κ1) is 11.0. The molecule has 1 heteroatoms. The minimum atomic E-state index is 0.630. The van der Waals surface area contributed by atoms with E-state index in [0.29, 0.717) is 5.41 Å². The molecule has 1 atom stereocenters. The highest BCUT2D eigenvalue weighted by molar-refractivity contribution is 9.09. The molecule has 0 saturated heterocycles. The lowest BCUT2D eigenvalue weighted by molar-refractivity contribution is 0.0737. The van der Waals surface area contributed by atoms with Crippen LogP contribution in [0.5, 0.6) is 0 Å². The molecule has 2 rings (SSSR count). The van der Waals surface area contributed by atoms with Crippen molar-refractivity contribution in [3.8, 4) is 0 Å². The van der Waals surface area contributed by atoms with Crippen LogP contribution in [-0.2, 0) is 0 Å². The maximum absolute atomic E-state index is 3.72. The van der Waals surface area contributed by atoms with Gasteiger partial charge in [-0.15, -0.1) is 0 Å². The second-order valence-corrected chi connectivity index (χ2v) is 6.92. The van der Waals surface area contributed by atoms with Gasteiger partial charge in [-0.2, -0.15) is 0 Å². The molecule has 14 heavy (non-hydrogen) atoms. The van der Waals surface area contributed by atoms with E-state index in [-0.39, 0.29) is 0 Å². The van der Waals surface area contributed by atoms with E-state index in [9.17, 15) is 0 Å². The summed E-state index contributed by atoms with van der Waals surface area (Å²) in [4.78, 5) is 0. The lowest BCUT2D eigenvalue weighted by Crippen LogP contribution is -2.34. The third kappa shape index (κ3) is 1.89. The zero-order valence-corrected chi connectivity index (χ0v) is 11.2. The van der Waals surface area contributed by atoms with Crippen LogP contribution >= 0.6 is 15.9 Å². The summed E-state index contributed by atoms with van der Waals surface area (Å²) in [5, 5.41) is 1.24. The molecule has 0 bridgehead atoms. The van der Waals surface area contributed by atoms with Crippen LogP contribution in [0.2, 0.25) is 0 Å². The Balaban J connectivity index is 2.04. The van der Waals surface area contributed by atoms with Crippen molar-refractivity contribution in [1.82, 2.24) is 0 Å². The van der Waals surface area contributed by atoms with Gasteiger partial charge in [-0.1, -0.05) is 36.2 Å². The van der Waals surface area contributed by atoms with E-state index in [2.05, 4.69) is 29.8 Å². The standard InChI is InChI=1S/C13H23Br/c1-12(2)6-8-13(9-7-12)5-3-4-11(13)10-14/h11H,3-10H2,1-2H3. The molecule has 0 aromatic carbocycles. The molecule has 1 unspecified atom stereocenters. The molecule has 0 N–H and O–H groups in total. The molecule has 2 saturated carbocycles. The van der Waals surface area contributed by atoms with Gasteiger partial charge in [0.15, 0.2) is 0 Å². The van der Waals surface area contributed by atoms with Gasteiger partial charge in [0, 0.05) is 5.33 Å².